The summed E-state index contributed by atoms with van der Waals surface area (Å²) >= 11 is 0. The molecule has 1 amide bonds. The molecule has 2 rings (SSSR count). The lowest BCUT2D eigenvalue weighted by Crippen LogP contribution is -2.27. The van der Waals surface area contributed by atoms with Crippen LogP contribution in [0.2, 0.25) is 0 Å². The molecule has 0 fully saturated rings. The van der Waals surface area contributed by atoms with E-state index in [4.69, 9.17) is 9.15 Å². The normalized spacial score (nSPS) is 10.6. The molecular weight excluding hydrogens is 268 g/mol. The van der Waals surface area contributed by atoms with E-state index in [9.17, 15) is 4.79 Å². The first-order valence-electron chi connectivity index (χ1n) is 6.93. The largest absolute Gasteiger partial charge is 0.491 e. The minimum Gasteiger partial charge on any atom is -0.491 e. The molecule has 5 nitrogen and oxygen atoms in total. The third-order valence-corrected chi connectivity index (χ3v) is 2.65. The van der Waals surface area contributed by atoms with Crippen LogP contribution in [0.15, 0.2) is 47.1 Å². The molecule has 0 saturated carbocycles. The molecule has 0 spiro atoms. The molecule has 2 N–H and O–H groups in total. The minimum atomic E-state index is -0.108. The van der Waals surface area contributed by atoms with E-state index in [1.54, 1.807) is 6.26 Å². The maximum atomic E-state index is 11.8. The summed E-state index contributed by atoms with van der Waals surface area (Å²) in [4.78, 5) is 11.8. The highest BCUT2D eigenvalue weighted by atomic mass is 16.5. The number of benzene rings is 1. The highest BCUT2D eigenvalue weighted by Crippen LogP contribution is 2.18. The Morgan fingerprint density at radius 2 is 2.14 bits per heavy atom. The fourth-order valence-corrected chi connectivity index (χ4v) is 1.84. The minimum absolute atomic E-state index is 0.103. The van der Waals surface area contributed by atoms with Crippen LogP contribution in [0.5, 0.6) is 5.75 Å². The molecule has 0 saturated heterocycles. The van der Waals surface area contributed by atoms with E-state index >= 15 is 0 Å². The summed E-state index contributed by atoms with van der Waals surface area (Å²) in [5, 5.41) is 5.84. The number of ether oxygens (including phenoxy) is 1. The van der Waals surface area contributed by atoms with Gasteiger partial charge in [0.1, 0.15) is 11.5 Å². The molecule has 0 aliphatic rings. The van der Waals surface area contributed by atoms with Gasteiger partial charge in [-0.25, -0.2) is 0 Å². The fraction of sp³-hybridized carbons (Fsp3) is 0.312. The number of furan rings is 1. The highest BCUT2D eigenvalue weighted by molar-refractivity contribution is 5.92. The second-order valence-electron chi connectivity index (χ2n) is 4.93. The third-order valence-electron chi connectivity index (χ3n) is 2.65. The molecule has 0 unspecified atom stereocenters. The summed E-state index contributed by atoms with van der Waals surface area (Å²) in [6, 6.07) is 11.0. The summed E-state index contributed by atoms with van der Waals surface area (Å²) in [6.45, 7) is 4.67. The van der Waals surface area contributed by atoms with Crippen LogP contribution < -0.4 is 15.4 Å². The maximum absolute atomic E-state index is 11.8. The summed E-state index contributed by atoms with van der Waals surface area (Å²) in [6.07, 6.45) is 1.71. The van der Waals surface area contributed by atoms with Crippen LogP contribution in [0.4, 0.5) is 5.69 Å². The van der Waals surface area contributed by atoms with Crippen LogP contribution in [0.25, 0.3) is 0 Å². The molecule has 1 aromatic heterocycles. The topological polar surface area (TPSA) is 63.5 Å². The predicted molar refractivity (Wildman–Crippen MR) is 81.3 cm³/mol. The molecule has 5 heteroatoms. The first-order chi connectivity index (χ1) is 10.1. The Hall–Kier alpha value is -2.27. The number of nitrogens with one attached hydrogen (secondary N) is 2. The van der Waals surface area contributed by atoms with Crippen LogP contribution in [0.3, 0.4) is 0 Å². The summed E-state index contributed by atoms with van der Waals surface area (Å²) in [5.41, 5.74) is 0.720. The number of amides is 1. The van der Waals surface area contributed by atoms with E-state index in [0.717, 1.165) is 17.2 Å². The Balaban J connectivity index is 1.79. The van der Waals surface area contributed by atoms with Gasteiger partial charge in [0, 0.05) is 11.8 Å². The molecule has 112 valence electrons. The van der Waals surface area contributed by atoms with Crippen molar-refractivity contribution in [2.24, 2.45) is 0 Å². The van der Waals surface area contributed by atoms with Crippen LogP contribution in [-0.2, 0) is 11.3 Å². The number of carbonyl (C=O) groups is 1. The van der Waals surface area contributed by atoms with Crippen molar-refractivity contribution >= 4 is 11.6 Å². The van der Waals surface area contributed by atoms with Gasteiger partial charge in [0.25, 0.3) is 0 Å². The number of hydrogen-bond acceptors (Lipinski definition) is 4. The van der Waals surface area contributed by atoms with E-state index in [1.807, 2.05) is 50.2 Å². The zero-order valence-electron chi connectivity index (χ0n) is 12.3. The molecule has 21 heavy (non-hydrogen) atoms. The average Bonchev–Trinajstić information content (AvgIpc) is 2.91. The number of carbonyl (C=O) groups excluding carboxylic acids is 1. The second-order valence-corrected chi connectivity index (χ2v) is 4.93. The van der Waals surface area contributed by atoms with Gasteiger partial charge in [-0.1, -0.05) is 6.07 Å². The Bertz CT molecular complexity index is 565. The highest BCUT2D eigenvalue weighted by Gasteiger charge is 2.04. The van der Waals surface area contributed by atoms with Crippen molar-refractivity contribution in [2.45, 2.75) is 26.5 Å². The molecule has 1 aromatic carbocycles. The molecule has 2 aromatic rings. The molecule has 0 aliphatic heterocycles. The third kappa shape index (κ3) is 5.31. The first-order valence-corrected chi connectivity index (χ1v) is 6.93. The van der Waals surface area contributed by atoms with Gasteiger partial charge < -0.3 is 19.8 Å². The van der Waals surface area contributed by atoms with Crippen molar-refractivity contribution in [3.8, 4) is 5.75 Å². The van der Waals surface area contributed by atoms with Crippen LogP contribution in [-0.4, -0.2) is 18.6 Å². The van der Waals surface area contributed by atoms with Crippen molar-refractivity contribution in [1.82, 2.24) is 5.32 Å². The van der Waals surface area contributed by atoms with Crippen molar-refractivity contribution < 1.29 is 13.9 Å². The van der Waals surface area contributed by atoms with E-state index < -0.39 is 0 Å². The van der Waals surface area contributed by atoms with Crippen molar-refractivity contribution in [3.05, 3.63) is 48.4 Å². The Labute approximate surface area is 124 Å². The van der Waals surface area contributed by atoms with E-state index in [1.165, 1.54) is 0 Å². The SMILES string of the molecule is CC(C)Oc1cccc(NC(=O)CNCc2ccco2)c1. The molecule has 0 radical (unpaired) electrons. The van der Waals surface area contributed by atoms with E-state index in [0.29, 0.717) is 6.54 Å². The quantitative estimate of drug-likeness (QED) is 0.822. The monoisotopic (exact) mass is 288 g/mol. The Morgan fingerprint density at radius 1 is 1.29 bits per heavy atom. The summed E-state index contributed by atoms with van der Waals surface area (Å²) in [7, 11) is 0. The average molecular weight is 288 g/mol. The predicted octanol–water partition coefficient (Wildman–Crippen LogP) is 2.80. The van der Waals surface area contributed by atoms with Crippen LogP contribution in [0.1, 0.15) is 19.6 Å². The zero-order chi connectivity index (χ0) is 15.1. The fourth-order valence-electron chi connectivity index (χ4n) is 1.84. The van der Waals surface area contributed by atoms with Gasteiger partial charge >= 0.3 is 0 Å². The summed E-state index contributed by atoms with van der Waals surface area (Å²) < 4.78 is 10.8. The maximum Gasteiger partial charge on any atom is 0.238 e. The lowest BCUT2D eigenvalue weighted by molar-refractivity contribution is -0.115. The number of rotatable bonds is 7. The van der Waals surface area contributed by atoms with E-state index in [-0.39, 0.29) is 18.6 Å². The Morgan fingerprint density at radius 3 is 2.86 bits per heavy atom. The molecular formula is C16H20N2O3. The zero-order valence-corrected chi connectivity index (χ0v) is 12.3. The van der Waals surface area contributed by atoms with Gasteiger partial charge in [0.2, 0.25) is 5.91 Å². The second kappa shape index (κ2) is 7.50. The van der Waals surface area contributed by atoms with Gasteiger partial charge in [0.15, 0.2) is 0 Å². The standard InChI is InChI=1S/C16H20N2O3/c1-12(2)21-14-6-3-5-13(9-14)18-16(19)11-17-10-15-7-4-8-20-15/h3-9,12,17H,10-11H2,1-2H3,(H,18,19). The summed E-state index contributed by atoms with van der Waals surface area (Å²) in [5.74, 6) is 1.43. The molecule has 0 aliphatic carbocycles. The Kier molecular flexibility index (Phi) is 5.40. The van der Waals surface area contributed by atoms with Crippen molar-refractivity contribution in [2.75, 3.05) is 11.9 Å². The molecule has 0 atom stereocenters. The number of anilines is 1. The van der Waals surface area contributed by atoms with Gasteiger partial charge in [-0.2, -0.15) is 0 Å². The molecule has 1 heterocycles. The van der Waals surface area contributed by atoms with Crippen LogP contribution in [0, 0.1) is 0 Å². The van der Waals surface area contributed by atoms with Gasteiger partial charge in [-0.3, -0.25) is 4.79 Å². The van der Waals surface area contributed by atoms with E-state index in [2.05, 4.69) is 10.6 Å². The lowest BCUT2D eigenvalue weighted by Gasteiger charge is -2.11. The molecule has 0 bridgehead atoms. The first kappa shape index (κ1) is 15.1. The van der Waals surface area contributed by atoms with Gasteiger partial charge in [-0.15, -0.1) is 0 Å². The van der Waals surface area contributed by atoms with Gasteiger partial charge in [0.05, 0.1) is 25.5 Å². The lowest BCUT2D eigenvalue weighted by atomic mass is 10.3. The van der Waals surface area contributed by atoms with Gasteiger partial charge in [-0.05, 0) is 38.1 Å². The van der Waals surface area contributed by atoms with Crippen LogP contribution >= 0.6 is 0 Å². The smallest absolute Gasteiger partial charge is 0.238 e. The number of hydrogen-bond donors (Lipinski definition) is 2. The van der Waals surface area contributed by atoms with Crippen molar-refractivity contribution in [3.63, 3.8) is 0 Å². The van der Waals surface area contributed by atoms with Crippen molar-refractivity contribution in [1.29, 1.82) is 0 Å².